The summed E-state index contributed by atoms with van der Waals surface area (Å²) in [5.74, 6) is 0. The van der Waals surface area contributed by atoms with Crippen LogP contribution in [-0.2, 0) is 0 Å². The van der Waals surface area contributed by atoms with E-state index in [0.717, 1.165) is 0 Å². The lowest BCUT2D eigenvalue weighted by molar-refractivity contribution is -0.231. The summed E-state index contributed by atoms with van der Waals surface area (Å²) in [5, 5.41) is 2.86. The van der Waals surface area contributed by atoms with Crippen LogP contribution in [0.5, 0.6) is 0 Å². The predicted molar refractivity (Wildman–Crippen MR) is 59.0 cm³/mol. The summed E-state index contributed by atoms with van der Waals surface area (Å²) < 4.78 is 6.57. The Kier molecular flexibility index (Phi) is 3.49. The van der Waals surface area contributed by atoms with Crippen molar-refractivity contribution >= 4 is 6.03 Å². The van der Waals surface area contributed by atoms with Crippen molar-refractivity contribution in [1.82, 2.24) is 14.9 Å². The zero-order valence-corrected chi connectivity index (χ0v) is 9.44. The van der Waals surface area contributed by atoms with E-state index in [4.69, 9.17) is 4.53 Å². The molecule has 1 aromatic rings. The monoisotopic (exact) mass is 210 g/mol. The van der Waals surface area contributed by atoms with Crippen LogP contribution in [0.4, 0.5) is 4.53 Å². The Labute approximate surface area is 88.6 Å². The van der Waals surface area contributed by atoms with Gasteiger partial charge in [-0.3, -0.25) is 15.0 Å². The van der Waals surface area contributed by atoms with E-state index in [9.17, 15) is 4.79 Å². The van der Waals surface area contributed by atoms with Crippen LogP contribution in [0, 0.1) is 6.92 Å². The van der Waals surface area contributed by atoms with Gasteiger partial charge < -0.3 is 0 Å². The molecule has 2 amide bonds. The van der Waals surface area contributed by atoms with Crippen LogP contribution < -0.4 is 10.9 Å². The Morgan fingerprint density at radius 3 is 2.73 bits per heavy atom. The van der Waals surface area contributed by atoms with Gasteiger partial charge in [0, 0.05) is 26.7 Å². The third kappa shape index (κ3) is 2.59. The number of nitrogens with one attached hydrogen (secondary N) is 1. The first-order valence-corrected chi connectivity index (χ1v) is 4.65. The summed E-state index contributed by atoms with van der Waals surface area (Å²) in [5.41, 5.74) is 0.485. The van der Waals surface area contributed by atoms with Gasteiger partial charge in [-0.1, -0.05) is 6.07 Å². The number of hydrogen-bond acceptors (Lipinski definition) is 1. The molecule has 0 fully saturated rings. The molecule has 0 saturated carbocycles. The number of carbonyl (C=O) groups excluding carboxylic acids is 1. The highest BCUT2D eigenvalue weighted by Crippen LogP contribution is 1.93. The summed E-state index contributed by atoms with van der Waals surface area (Å²) in [6, 6.07) is 4.01. The minimum Gasteiger partial charge on any atom is -0.289 e. The molecule has 5 heteroatoms. The van der Waals surface area contributed by atoms with Gasteiger partial charge in [-0.05, 0) is 17.5 Å². The second-order valence-corrected chi connectivity index (χ2v) is 3.36. The zero-order valence-electron chi connectivity index (χ0n) is 9.44. The SMILES string of the molecule is CNC(=[O+]n1cccc(C)c1=O)N(C)C. The van der Waals surface area contributed by atoms with Gasteiger partial charge in [-0.15, -0.1) is 0 Å². The van der Waals surface area contributed by atoms with Gasteiger partial charge in [-0.2, -0.15) is 0 Å². The zero-order chi connectivity index (χ0) is 11.4. The van der Waals surface area contributed by atoms with E-state index in [-0.39, 0.29) is 5.56 Å². The average molecular weight is 210 g/mol. The number of aryl methyl sites for hydroxylation is 1. The van der Waals surface area contributed by atoms with Crippen molar-refractivity contribution in [3.8, 4) is 0 Å². The lowest BCUT2D eigenvalue weighted by atomic mass is 10.3. The van der Waals surface area contributed by atoms with E-state index in [1.54, 1.807) is 37.2 Å². The molecule has 0 aliphatic carbocycles. The first kappa shape index (κ1) is 11.3. The highest BCUT2D eigenvalue weighted by Gasteiger charge is 2.15. The second-order valence-electron chi connectivity index (χ2n) is 3.36. The van der Waals surface area contributed by atoms with Crippen molar-refractivity contribution in [2.45, 2.75) is 6.92 Å². The summed E-state index contributed by atoms with van der Waals surface area (Å²) in [7, 11) is 5.38. The second kappa shape index (κ2) is 4.63. The number of urea groups is 1. The molecule has 0 atom stereocenters. The fourth-order valence-electron chi connectivity index (χ4n) is 1.09. The van der Waals surface area contributed by atoms with E-state index in [2.05, 4.69) is 5.32 Å². The average Bonchev–Trinajstić information content (AvgIpc) is 2.19. The minimum absolute atomic E-state index is 0.160. The van der Waals surface area contributed by atoms with Gasteiger partial charge >= 0.3 is 11.6 Å². The number of rotatable bonds is 1. The minimum atomic E-state index is -0.160. The van der Waals surface area contributed by atoms with Crippen molar-refractivity contribution in [2.75, 3.05) is 21.1 Å². The number of aromatic nitrogens is 1. The van der Waals surface area contributed by atoms with Crippen molar-refractivity contribution in [2.24, 2.45) is 0 Å². The van der Waals surface area contributed by atoms with Crippen LogP contribution in [0.3, 0.4) is 0 Å². The van der Waals surface area contributed by atoms with E-state index < -0.39 is 0 Å². The van der Waals surface area contributed by atoms with E-state index in [0.29, 0.717) is 11.6 Å². The Morgan fingerprint density at radius 2 is 2.20 bits per heavy atom. The molecule has 0 saturated heterocycles. The summed E-state index contributed by atoms with van der Waals surface area (Å²) in [6.07, 6.45) is 1.58. The first-order chi connectivity index (χ1) is 7.06. The molecule has 0 spiro atoms. The lowest BCUT2D eigenvalue weighted by Crippen LogP contribution is -2.34. The quantitative estimate of drug-likeness (QED) is 0.668. The standard InChI is InChI=1S/C10H16N3O2/c1-8-6-5-7-13(9(8)14)15-10(11-2)12(3)4/h5-7,11H,1-4H3/q+1. The Hall–Kier alpha value is -1.78. The van der Waals surface area contributed by atoms with Crippen LogP contribution in [0.15, 0.2) is 23.1 Å². The summed E-state index contributed by atoms with van der Waals surface area (Å²) in [6.45, 7) is 1.75. The van der Waals surface area contributed by atoms with Gasteiger partial charge in [0.1, 0.15) is 6.20 Å². The van der Waals surface area contributed by atoms with Gasteiger partial charge in [0.15, 0.2) is 0 Å². The molecule has 0 aromatic carbocycles. The lowest BCUT2D eigenvalue weighted by Gasteiger charge is -2.02. The molecule has 1 aromatic heterocycles. The first-order valence-electron chi connectivity index (χ1n) is 4.65. The van der Waals surface area contributed by atoms with Crippen LogP contribution in [0.1, 0.15) is 5.56 Å². The van der Waals surface area contributed by atoms with Crippen molar-refractivity contribution in [1.29, 1.82) is 0 Å². The fourth-order valence-corrected chi connectivity index (χ4v) is 1.09. The topological polar surface area (TPSA) is 48.6 Å². The smallest absolute Gasteiger partial charge is 0.289 e. The maximum atomic E-state index is 11.6. The van der Waals surface area contributed by atoms with Gasteiger partial charge in [0.25, 0.3) is 0 Å². The van der Waals surface area contributed by atoms with E-state index in [1.807, 2.05) is 14.1 Å². The molecule has 1 N–H and O–H groups in total. The van der Waals surface area contributed by atoms with E-state index >= 15 is 0 Å². The maximum absolute atomic E-state index is 11.6. The molecule has 1 rings (SSSR count). The molecule has 15 heavy (non-hydrogen) atoms. The van der Waals surface area contributed by atoms with Gasteiger partial charge in [0.2, 0.25) is 0 Å². The third-order valence-electron chi connectivity index (χ3n) is 1.91. The number of pyridine rings is 1. The molecular formula is C10H16N3O2+. The number of amides is 2. The van der Waals surface area contributed by atoms with Gasteiger partial charge in [-0.25, -0.2) is 0 Å². The van der Waals surface area contributed by atoms with Crippen LogP contribution in [0.2, 0.25) is 0 Å². The van der Waals surface area contributed by atoms with Crippen LogP contribution >= 0.6 is 0 Å². The predicted octanol–water partition coefficient (Wildman–Crippen LogP) is 0.357. The normalized spacial score (nSPS) is 11.3. The molecule has 0 bridgehead atoms. The van der Waals surface area contributed by atoms with Crippen molar-refractivity contribution in [3.63, 3.8) is 0 Å². The van der Waals surface area contributed by atoms with Crippen molar-refractivity contribution < 1.29 is 4.53 Å². The Bertz CT molecular complexity index is 421. The number of nitrogens with zero attached hydrogens (tertiary/aromatic N) is 2. The maximum Gasteiger partial charge on any atom is 0.550 e. The number of hydrogen-bond donors (Lipinski definition) is 1. The molecule has 0 unspecified atom stereocenters. The molecule has 0 aliphatic rings. The Morgan fingerprint density at radius 1 is 1.53 bits per heavy atom. The summed E-state index contributed by atoms with van der Waals surface area (Å²) in [4.78, 5) is 13.4. The molecule has 82 valence electrons. The molecule has 1 heterocycles. The highest BCUT2D eigenvalue weighted by molar-refractivity contribution is 5.73. The molecule has 5 nitrogen and oxygen atoms in total. The third-order valence-corrected chi connectivity index (χ3v) is 1.91. The molecule has 0 radical (unpaired) electrons. The van der Waals surface area contributed by atoms with Crippen LogP contribution in [0.25, 0.3) is 0 Å². The fraction of sp³-hybridized carbons (Fsp3) is 0.400. The molecular weight excluding hydrogens is 194 g/mol. The molecule has 0 aliphatic heterocycles. The highest BCUT2D eigenvalue weighted by atomic mass is 16.6. The largest absolute Gasteiger partial charge is 0.550 e. The van der Waals surface area contributed by atoms with Gasteiger partial charge in [0.05, 0.1) is 4.73 Å². The van der Waals surface area contributed by atoms with E-state index in [1.165, 1.54) is 4.73 Å². The van der Waals surface area contributed by atoms with Crippen molar-refractivity contribution in [3.05, 3.63) is 34.2 Å². The summed E-state index contributed by atoms with van der Waals surface area (Å²) >= 11 is 0. The van der Waals surface area contributed by atoms with Crippen LogP contribution in [-0.4, -0.2) is 36.8 Å². The Balaban J connectivity index is 3.18.